The van der Waals surface area contributed by atoms with Crippen LogP contribution >= 0.6 is 0 Å². The fraction of sp³-hybridized carbons (Fsp3) is 0.333. The van der Waals surface area contributed by atoms with Gasteiger partial charge in [-0.25, -0.2) is 0 Å². The Bertz CT molecular complexity index is 744. The number of hydrogen-bond donors (Lipinski definition) is 1. The van der Waals surface area contributed by atoms with Crippen molar-refractivity contribution in [2.75, 3.05) is 23.3 Å². The largest absolute Gasteiger partial charge is 0.372 e. The highest BCUT2D eigenvalue weighted by Crippen LogP contribution is 2.22. The van der Waals surface area contributed by atoms with E-state index in [2.05, 4.69) is 10.2 Å². The molecule has 2 aromatic rings. The lowest BCUT2D eigenvalue weighted by Crippen LogP contribution is -2.29. The van der Waals surface area contributed by atoms with Gasteiger partial charge in [0.2, 0.25) is 5.56 Å². The Morgan fingerprint density at radius 1 is 1.00 bits per heavy atom. The van der Waals surface area contributed by atoms with Crippen molar-refractivity contribution in [3.8, 4) is 0 Å². The van der Waals surface area contributed by atoms with Crippen LogP contribution in [0.3, 0.4) is 0 Å². The summed E-state index contributed by atoms with van der Waals surface area (Å²) in [6.07, 6.45) is 5.33. The molecule has 1 aromatic heterocycles. The molecule has 0 unspecified atom stereocenters. The number of anilines is 2. The number of nitrogens with one attached hydrogen (secondary N) is 1. The van der Waals surface area contributed by atoms with Gasteiger partial charge in [-0.3, -0.25) is 9.59 Å². The summed E-state index contributed by atoms with van der Waals surface area (Å²) < 4.78 is 1.40. The summed E-state index contributed by atoms with van der Waals surface area (Å²) in [5.41, 5.74) is 2.29. The number of piperidine rings is 1. The first-order valence-corrected chi connectivity index (χ1v) is 7.96. The minimum atomic E-state index is -0.216. The number of hydrogen-bond acceptors (Lipinski definition) is 3. The molecule has 0 spiro atoms. The molecule has 1 fully saturated rings. The van der Waals surface area contributed by atoms with Crippen LogP contribution in [0.15, 0.2) is 47.4 Å². The van der Waals surface area contributed by atoms with Crippen molar-refractivity contribution in [2.45, 2.75) is 19.3 Å². The van der Waals surface area contributed by atoms with Gasteiger partial charge in [0.1, 0.15) is 0 Å². The van der Waals surface area contributed by atoms with Crippen LogP contribution in [-0.4, -0.2) is 23.6 Å². The molecule has 0 saturated carbocycles. The Hall–Kier alpha value is -2.56. The fourth-order valence-electron chi connectivity index (χ4n) is 2.84. The Balaban J connectivity index is 1.68. The number of aryl methyl sites for hydroxylation is 1. The highest BCUT2D eigenvalue weighted by Gasteiger charge is 2.11. The summed E-state index contributed by atoms with van der Waals surface area (Å²) in [5, 5.41) is 2.86. The molecule has 5 nitrogen and oxygen atoms in total. The first-order chi connectivity index (χ1) is 11.1. The van der Waals surface area contributed by atoms with E-state index in [4.69, 9.17) is 0 Å². The maximum atomic E-state index is 12.2. The summed E-state index contributed by atoms with van der Waals surface area (Å²) >= 11 is 0. The number of carbonyl (C=O) groups excluding carboxylic acids is 1. The van der Waals surface area contributed by atoms with Gasteiger partial charge in [-0.15, -0.1) is 0 Å². The van der Waals surface area contributed by atoms with Gasteiger partial charge in [0.15, 0.2) is 0 Å². The van der Waals surface area contributed by atoms with E-state index in [9.17, 15) is 9.59 Å². The second kappa shape index (κ2) is 6.69. The smallest absolute Gasteiger partial charge is 0.257 e. The topological polar surface area (TPSA) is 54.3 Å². The highest BCUT2D eigenvalue weighted by atomic mass is 16.2. The van der Waals surface area contributed by atoms with E-state index >= 15 is 0 Å². The average Bonchev–Trinajstić information content (AvgIpc) is 2.59. The third kappa shape index (κ3) is 3.62. The van der Waals surface area contributed by atoms with Crippen molar-refractivity contribution in [1.29, 1.82) is 0 Å². The SMILES string of the molecule is Cn1cc(C(=O)Nc2ccc(N3CCCCC3)cc2)ccc1=O. The van der Waals surface area contributed by atoms with Crippen molar-refractivity contribution in [3.63, 3.8) is 0 Å². The third-order valence-corrected chi connectivity index (χ3v) is 4.19. The zero-order valence-corrected chi connectivity index (χ0v) is 13.3. The van der Waals surface area contributed by atoms with Gasteiger partial charge in [-0.1, -0.05) is 0 Å². The lowest BCUT2D eigenvalue weighted by molar-refractivity contribution is 0.102. The molecule has 0 atom stereocenters. The van der Waals surface area contributed by atoms with Crippen molar-refractivity contribution in [2.24, 2.45) is 7.05 Å². The van der Waals surface area contributed by atoms with Crippen molar-refractivity contribution < 1.29 is 4.79 Å². The van der Waals surface area contributed by atoms with E-state index in [1.807, 2.05) is 24.3 Å². The zero-order chi connectivity index (χ0) is 16.2. The first kappa shape index (κ1) is 15.3. The van der Waals surface area contributed by atoms with Crippen molar-refractivity contribution in [3.05, 3.63) is 58.5 Å². The summed E-state index contributed by atoms with van der Waals surface area (Å²) in [7, 11) is 1.63. The number of pyridine rings is 1. The van der Waals surface area contributed by atoms with Gasteiger partial charge in [0, 0.05) is 43.8 Å². The van der Waals surface area contributed by atoms with E-state index in [-0.39, 0.29) is 11.5 Å². The van der Waals surface area contributed by atoms with Crippen LogP contribution in [0.25, 0.3) is 0 Å². The zero-order valence-electron chi connectivity index (χ0n) is 13.3. The molecule has 0 aliphatic carbocycles. The van der Waals surface area contributed by atoms with Crippen molar-refractivity contribution >= 4 is 17.3 Å². The number of rotatable bonds is 3. The number of carbonyl (C=O) groups is 1. The number of nitrogens with zero attached hydrogens (tertiary/aromatic N) is 2. The molecule has 23 heavy (non-hydrogen) atoms. The van der Waals surface area contributed by atoms with Gasteiger partial charge in [-0.05, 0) is 49.6 Å². The Labute approximate surface area is 135 Å². The quantitative estimate of drug-likeness (QED) is 0.948. The van der Waals surface area contributed by atoms with Gasteiger partial charge >= 0.3 is 0 Å². The first-order valence-electron chi connectivity index (χ1n) is 7.96. The molecule has 1 amide bonds. The van der Waals surface area contributed by atoms with Crippen LogP contribution in [0.5, 0.6) is 0 Å². The highest BCUT2D eigenvalue weighted by molar-refractivity contribution is 6.04. The molecular weight excluding hydrogens is 290 g/mol. The molecule has 1 N–H and O–H groups in total. The van der Waals surface area contributed by atoms with Crippen LogP contribution in [0, 0.1) is 0 Å². The van der Waals surface area contributed by atoms with Gasteiger partial charge in [0.25, 0.3) is 5.91 Å². The second-order valence-electron chi connectivity index (χ2n) is 5.92. The molecular formula is C18H21N3O2. The van der Waals surface area contributed by atoms with Crippen LogP contribution in [0.2, 0.25) is 0 Å². The van der Waals surface area contributed by atoms with Crippen LogP contribution in [0.4, 0.5) is 11.4 Å². The summed E-state index contributed by atoms with van der Waals surface area (Å²) in [4.78, 5) is 26.0. The lowest BCUT2D eigenvalue weighted by Gasteiger charge is -2.28. The Morgan fingerprint density at radius 2 is 1.70 bits per heavy atom. The van der Waals surface area contributed by atoms with Crippen molar-refractivity contribution in [1.82, 2.24) is 4.57 Å². The van der Waals surface area contributed by atoms with E-state index in [1.165, 1.54) is 35.6 Å². The van der Waals surface area contributed by atoms with Crippen LogP contribution in [0.1, 0.15) is 29.6 Å². The summed E-state index contributed by atoms with van der Waals surface area (Å²) in [6.45, 7) is 2.20. The molecule has 120 valence electrons. The van der Waals surface area contributed by atoms with Gasteiger partial charge in [-0.2, -0.15) is 0 Å². The monoisotopic (exact) mass is 311 g/mol. The molecule has 1 aliphatic rings. The minimum absolute atomic E-state index is 0.132. The predicted molar refractivity (Wildman–Crippen MR) is 92.1 cm³/mol. The lowest BCUT2D eigenvalue weighted by atomic mass is 10.1. The Kier molecular flexibility index (Phi) is 4.46. The van der Waals surface area contributed by atoms with E-state index in [1.54, 1.807) is 19.3 Å². The summed E-state index contributed by atoms with van der Waals surface area (Å²) in [5.74, 6) is -0.216. The van der Waals surface area contributed by atoms with E-state index in [0.717, 1.165) is 18.8 Å². The van der Waals surface area contributed by atoms with Gasteiger partial charge in [0.05, 0.1) is 5.56 Å². The molecule has 3 rings (SSSR count). The van der Waals surface area contributed by atoms with Crippen LogP contribution in [-0.2, 0) is 7.05 Å². The second-order valence-corrected chi connectivity index (χ2v) is 5.92. The average molecular weight is 311 g/mol. The summed E-state index contributed by atoms with van der Waals surface area (Å²) in [6, 6.07) is 10.9. The predicted octanol–water partition coefficient (Wildman–Crippen LogP) is 2.63. The number of benzene rings is 1. The standard InChI is InChI=1S/C18H21N3O2/c1-20-13-14(5-10-17(20)22)18(23)19-15-6-8-16(9-7-15)21-11-3-2-4-12-21/h5-10,13H,2-4,11-12H2,1H3,(H,19,23). The Morgan fingerprint density at radius 3 is 2.35 bits per heavy atom. The fourth-order valence-corrected chi connectivity index (χ4v) is 2.84. The van der Waals surface area contributed by atoms with E-state index in [0.29, 0.717) is 5.56 Å². The molecule has 1 aromatic carbocycles. The maximum Gasteiger partial charge on any atom is 0.257 e. The maximum absolute atomic E-state index is 12.2. The number of amides is 1. The molecule has 1 saturated heterocycles. The molecule has 0 bridgehead atoms. The normalized spacial score (nSPS) is 14.6. The molecule has 1 aliphatic heterocycles. The molecule has 2 heterocycles. The molecule has 0 radical (unpaired) electrons. The van der Waals surface area contributed by atoms with Gasteiger partial charge < -0.3 is 14.8 Å². The van der Waals surface area contributed by atoms with Crippen LogP contribution < -0.4 is 15.8 Å². The third-order valence-electron chi connectivity index (χ3n) is 4.19. The van der Waals surface area contributed by atoms with E-state index < -0.39 is 0 Å². The number of aromatic nitrogens is 1. The molecule has 5 heteroatoms. The minimum Gasteiger partial charge on any atom is -0.372 e.